The Balaban J connectivity index is 1.72. The van der Waals surface area contributed by atoms with Crippen LogP contribution in [0.1, 0.15) is 17.5 Å². The monoisotopic (exact) mass is 390 g/mol. The standard InChI is InChI=1S/C19H22N2O3S2/c1-21(13-19(22)20-17-8-3-4-9-18(17)25-2)26(23,24)16-11-10-14-6-5-7-15(14)12-16/h3-4,8-12H,5-7,13H2,1-2H3,(H,20,22). The summed E-state index contributed by atoms with van der Waals surface area (Å²) in [7, 11) is -2.26. The number of hydrogen-bond acceptors (Lipinski definition) is 4. The van der Waals surface area contributed by atoms with Crippen LogP contribution in [-0.2, 0) is 27.7 Å². The minimum Gasteiger partial charge on any atom is -0.324 e. The Morgan fingerprint density at radius 2 is 1.88 bits per heavy atom. The fourth-order valence-corrected chi connectivity index (χ4v) is 4.85. The number of nitrogens with zero attached hydrogens (tertiary/aromatic N) is 1. The third kappa shape index (κ3) is 3.95. The lowest BCUT2D eigenvalue weighted by Gasteiger charge is -2.18. The molecule has 2 aromatic carbocycles. The van der Waals surface area contributed by atoms with Gasteiger partial charge in [0.2, 0.25) is 15.9 Å². The largest absolute Gasteiger partial charge is 0.324 e. The number of sulfonamides is 1. The van der Waals surface area contributed by atoms with Gasteiger partial charge in [0.15, 0.2) is 0 Å². The van der Waals surface area contributed by atoms with E-state index >= 15 is 0 Å². The molecule has 0 radical (unpaired) electrons. The lowest BCUT2D eigenvalue weighted by Crippen LogP contribution is -2.35. The van der Waals surface area contributed by atoms with Gasteiger partial charge in [-0.3, -0.25) is 4.79 Å². The molecule has 1 aliphatic carbocycles. The summed E-state index contributed by atoms with van der Waals surface area (Å²) in [5, 5.41) is 2.79. The van der Waals surface area contributed by atoms with Crippen LogP contribution in [0.4, 0.5) is 5.69 Å². The zero-order valence-electron chi connectivity index (χ0n) is 14.9. The summed E-state index contributed by atoms with van der Waals surface area (Å²) in [6.45, 7) is -0.234. The van der Waals surface area contributed by atoms with Gasteiger partial charge in [-0.25, -0.2) is 8.42 Å². The van der Waals surface area contributed by atoms with Crippen molar-refractivity contribution in [2.45, 2.75) is 29.1 Å². The first kappa shape index (κ1) is 18.9. The summed E-state index contributed by atoms with van der Waals surface area (Å²) < 4.78 is 26.7. The predicted octanol–water partition coefficient (Wildman–Crippen LogP) is 3.16. The topological polar surface area (TPSA) is 66.5 Å². The Bertz CT molecular complexity index is 926. The molecule has 0 saturated heterocycles. The van der Waals surface area contributed by atoms with Crippen molar-refractivity contribution in [3.63, 3.8) is 0 Å². The van der Waals surface area contributed by atoms with Gasteiger partial charge in [-0.2, -0.15) is 4.31 Å². The molecular formula is C19H22N2O3S2. The highest BCUT2D eigenvalue weighted by Crippen LogP contribution is 2.27. The van der Waals surface area contributed by atoms with Gasteiger partial charge in [0.1, 0.15) is 0 Å². The number of para-hydroxylation sites is 1. The highest BCUT2D eigenvalue weighted by molar-refractivity contribution is 7.98. The maximum absolute atomic E-state index is 12.8. The average molecular weight is 391 g/mol. The second-order valence-corrected chi connectivity index (χ2v) is 9.19. The van der Waals surface area contributed by atoms with Crippen LogP contribution in [0.3, 0.4) is 0 Å². The second kappa shape index (κ2) is 7.82. The minimum atomic E-state index is -3.70. The van der Waals surface area contributed by atoms with Gasteiger partial charge in [-0.15, -0.1) is 11.8 Å². The highest BCUT2D eigenvalue weighted by atomic mass is 32.2. The lowest BCUT2D eigenvalue weighted by atomic mass is 10.1. The number of hydrogen-bond donors (Lipinski definition) is 1. The molecule has 0 fully saturated rings. The van der Waals surface area contributed by atoms with Gasteiger partial charge < -0.3 is 5.32 Å². The van der Waals surface area contributed by atoms with E-state index in [9.17, 15) is 13.2 Å². The average Bonchev–Trinajstić information content (AvgIpc) is 3.09. The van der Waals surface area contributed by atoms with Gasteiger partial charge >= 0.3 is 0 Å². The van der Waals surface area contributed by atoms with Crippen LogP contribution in [0, 0.1) is 0 Å². The van der Waals surface area contributed by atoms with Gasteiger partial charge in [0.05, 0.1) is 17.1 Å². The molecule has 5 nitrogen and oxygen atoms in total. The van der Waals surface area contributed by atoms with Gasteiger partial charge in [0, 0.05) is 11.9 Å². The number of thioether (sulfide) groups is 1. The van der Waals surface area contributed by atoms with Crippen LogP contribution in [0.25, 0.3) is 0 Å². The van der Waals surface area contributed by atoms with E-state index in [4.69, 9.17) is 0 Å². The molecule has 7 heteroatoms. The van der Waals surface area contributed by atoms with Crippen molar-refractivity contribution in [3.8, 4) is 0 Å². The predicted molar refractivity (Wildman–Crippen MR) is 105 cm³/mol. The number of rotatable bonds is 6. The number of anilines is 1. The first-order chi connectivity index (χ1) is 12.4. The number of likely N-dealkylation sites (N-methyl/N-ethyl adjacent to an activating group) is 1. The Labute approximate surface area is 158 Å². The normalized spacial score (nSPS) is 13.7. The first-order valence-corrected chi connectivity index (χ1v) is 11.1. The molecule has 1 aliphatic rings. The Morgan fingerprint density at radius 1 is 1.15 bits per heavy atom. The van der Waals surface area contributed by atoms with Crippen LogP contribution in [0.5, 0.6) is 0 Å². The molecular weight excluding hydrogens is 368 g/mol. The van der Waals surface area contributed by atoms with Crippen LogP contribution < -0.4 is 5.32 Å². The van der Waals surface area contributed by atoms with Crippen molar-refractivity contribution in [1.82, 2.24) is 4.31 Å². The van der Waals surface area contributed by atoms with Crippen molar-refractivity contribution in [2.75, 3.05) is 25.2 Å². The van der Waals surface area contributed by atoms with Gasteiger partial charge in [-0.1, -0.05) is 18.2 Å². The van der Waals surface area contributed by atoms with Crippen molar-refractivity contribution >= 4 is 33.4 Å². The molecule has 1 N–H and O–H groups in total. The number of aryl methyl sites for hydroxylation is 2. The number of carbonyl (C=O) groups excluding carboxylic acids is 1. The highest BCUT2D eigenvalue weighted by Gasteiger charge is 2.25. The fourth-order valence-electron chi connectivity index (χ4n) is 3.11. The molecule has 2 aromatic rings. The summed E-state index contributed by atoms with van der Waals surface area (Å²) in [6.07, 6.45) is 4.90. The van der Waals surface area contributed by atoms with E-state index in [0.717, 1.165) is 34.0 Å². The van der Waals surface area contributed by atoms with Gasteiger partial charge in [0.25, 0.3) is 0 Å². The number of amides is 1. The van der Waals surface area contributed by atoms with E-state index in [1.165, 1.54) is 24.4 Å². The summed E-state index contributed by atoms with van der Waals surface area (Å²) >= 11 is 1.52. The minimum absolute atomic E-state index is 0.234. The van der Waals surface area contributed by atoms with E-state index in [1.807, 2.05) is 30.5 Å². The molecule has 0 aliphatic heterocycles. The van der Waals surface area contributed by atoms with Crippen LogP contribution in [-0.4, -0.2) is 38.5 Å². The third-order valence-electron chi connectivity index (χ3n) is 4.53. The van der Waals surface area contributed by atoms with Crippen LogP contribution in [0.2, 0.25) is 0 Å². The summed E-state index contributed by atoms with van der Waals surface area (Å²) in [6, 6.07) is 12.7. The molecule has 0 spiro atoms. The summed E-state index contributed by atoms with van der Waals surface area (Å²) in [4.78, 5) is 13.5. The smallest absolute Gasteiger partial charge is 0.243 e. The van der Waals surface area contributed by atoms with E-state index in [2.05, 4.69) is 5.32 Å². The molecule has 0 saturated carbocycles. The number of benzene rings is 2. The second-order valence-electron chi connectivity index (χ2n) is 6.29. The molecule has 3 rings (SSSR count). The molecule has 138 valence electrons. The molecule has 0 atom stereocenters. The first-order valence-electron chi connectivity index (χ1n) is 8.43. The van der Waals surface area contributed by atoms with Crippen molar-refractivity contribution in [2.24, 2.45) is 0 Å². The van der Waals surface area contributed by atoms with Gasteiger partial charge in [-0.05, 0) is 60.9 Å². The molecule has 26 heavy (non-hydrogen) atoms. The molecule has 0 aromatic heterocycles. The van der Waals surface area contributed by atoms with Crippen LogP contribution >= 0.6 is 11.8 Å². The fraction of sp³-hybridized carbons (Fsp3) is 0.316. The third-order valence-corrected chi connectivity index (χ3v) is 7.12. The SMILES string of the molecule is CSc1ccccc1NC(=O)CN(C)S(=O)(=O)c1ccc2c(c1)CCC2. The van der Waals surface area contributed by atoms with Crippen molar-refractivity contribution in [3.05, 3.63) is 53.6 Å². The van der Waals surface area contributed by atoms with Crippen molar-refractivity contribution in [1.29, 1.82) is 0 Å². The number of fused-ring (bicyclic) bond motifs is 1. The Kier molecular flexibility index (Phi) is 5.70. The van der Waals surface area contributed by atoms with Crippen LogP contribution in [0.15, 0.2) is 52.3 Å². The molecule has 0 bridgehead atoms. The molecule has 0 unspecified atom stereocenters. The van der Waals surface area contributed by atoms with E-state index < -0.39 is 10.0 Å². The maximum Gasteiger partial charge on any atom is 0.243 e. The number of nitrogens with one attached hydrogen (secondary N) is 1. The lowest BCUT2D eigenvalue weighted by molar-refractivity contribution is -0.116. The Hall–Kier alpha value is -1.83. The van der Waals surface area contributed by atoms with E-state index in [1.54, 1.807) is 18.2 Å². The quantitative estimate of drug-likeness (QED) is 0.770. The molecule has 1 amide bonds. The Morgan fingerprint density at radius 3 is 2.65 bits per heavy atom. The number of carbonyl (C=O) groups is 1. The maximum atomic E-state index is 12.8. The zero-order valence-corrected chi connectivity index (χ0v) is 16.5. The summed E-state index contributed by atoms with van der Waals surface area (Å²) in [5.74, 6) is -0.362. The molecule has 0 heterocycles. The van der Waals surface area contributed by atoms with Crippen molar-refractivity contribution < 1.29 is 13.2 Å². The summed E-state index contributed by atoms with van der Waals surface area (Å²) in [5.41, 5.74) is 3.00. The zero-order chi connectivity index (χ0) is 18.7. The van der Waals surface area contributed by atoms with E-state index in [0.29, 0.717) is 5.69 Å². The van der Waals surface area contributed by atoms with E-state index in [-0.39, 0.29) is 17.3 Å².